The molecule has 1 aliphatic rings. The van der Waals surface area contributed by atoms with Crippen molar-refractivity contribution in [2.45, 2.75) is 39.4 Å². The Labute approximate surface area is 213 Å². The van der Waals surface area contributed by atoms with Crippen LogP contribution < -0.4 is 9.47 Å². The molecular weight excluding hydrogens is 452 g/mol. The molecule has 188 valence electrons. The monoisotopic (exact) mass is 486 g/mol. The van der Waals surface area contributed by atoms with Crippen molar-refractivity contribution in [3.05, 3.63) is 95.6 Å². The predicted octanol–water partition coefficient (Wildman–Crippen LogP) is 5.84. The van der Waals surface area contributed by atoms with Crippen molar-refractivity contribution in [2.24, 2.45) is 11.1 Å². The van der Waals surface area contributed by atoms with Crippen LogP contribution in [0, 0.1) is 5.92 Å². The van der Waals surface area contributed by atoms with Gasteiger partial charge >= 0.3 is 0 Å². The molecule has 0 bridgehead atoms. The molecule has 0 heterocycles. The summed E-state index contributed by atoms with van der Waals surface area (Å²) in [4.78, 5) is 19.7. The first-order chi connectivity index (χ1) is 17.7. The maximum absolute atomic E-state index is 12.5. The summed E-state index contributed by atoms with van der Waals surface area (Å²) in [7, 11) is 0. The molecule has 6 heteroatoms. The molecule has 0 N–H and O–H groups in total. The largest absolute Gasteiger partial charge is 0.485 e. The van der Waals surface area contributed by atoms with Crippen LogP contribution in [0.15, 0.2) is 84.0 Å². The van der Waals surface area contributed by atoms with Crippen molar-refractivity contribution in [3.63, 3.8) is 0 Å². The maximum Gasteiger partial charge on any atom is 0.263 e. The number of benzene rings is 3. The molecule has 1 fully saturated rings. The van der Waals surface area contributed by atoms with Gasteiger partial charge in [0.1, 0.15) is 13.2 Å². The van der Waals surface area contributed by atoms with Gasteiger partial charge in [0, 0.05) is 18.7 Å². The lowest BCUT2D eigenvalue weighted by molar-refractivity contribution is -0.136. The van der Waals surface area contributed by atoms with Crippen molar-refractivity contribution in [1.82, 2.24) is 4.90 Å². The fraction of sp³-hybridized carbons (Fsp3) is 0.333. The van der Waals surface area contributed by atoms with Crippen molar-refractivity contribution >= 4 is 12.1 Å². The zero-order valence-corrected chi connectivity index (χ0v) is 20.8. The predicted molar refractivity (Wildman–Crippen MR) is 141 cm³/mol. The molecule has 0 radical (unpaired) electrons. The summed E-state index contributed by atoms with van der Waals surface area (Å²) in [5.41, 5.74) is 2.94. The average molecular weight is 487 g/mol. The molecule has 3 aromatic carbocycles. The van der Waals surface area contributed by atoms with Gasteiger partial charge < -0.3 is 19.2 Å². The zero-order chi connectivity index (χ0) is 25.0. The SMILES string of the molecule is CCCN(CC1CC1)C(=O)CO/N=C\c1ccc(OCc2ccccc2)c(OCc2ccccc2)c1. The molecule has 6 nitrogen and oxygen atoms in total. The fourth-order valence-electron chi connectivity index (χ4n) is 3.79. The van der Waals surface area contributed by atoms with Crippen molar-refractivity contribution < 1.29 is 19.1 Å². The lowest BCUT2D eigenvalue weighted by Crippen LogP contribution is -2.36. The molecule has 4 rings (SSSR count). The first kappa shape index (κ1) is 25.3. The zero-order valence-electron chi connectivity index (χ0n) is 20.8. The highest BCUT2D eigenvalue weighted by Gasteiger charge is 2.26. The van der Waals surface area contributed by atoms with Crippen LogP contribution in [-0.4, -0.2) is 36.7 Å². The van der Waals surface area contributed by atoms with Crippen molar-refractivity contribution in [2.75, 3.05) is 19.7 Å². The molecule has 0 aliphatic heterocycles. The molecule has 1 aliphatic carbocycles. The van der Waals surface area contributed by atoms with E-state index in [4.69, 9.17) is 14.3 Å². The van der Waals surface area contributed by atoms with Crippen LogP contribution >= 0.6 is 0 Å². The number of carbonyl (C=O) groups excluding carboxylic acids is 1. The van der Waals surface area contributed by atoms with Gasteiger partial charge in [-0.1, -0.05) is 72.7 Å². The van der Waals surface area contributed by atoms with Gasteiger partial charge in [-0.25, -0.2) is 0 Å². The number of ether oxygens (including phenoxy) is 2. The van der Waals surface area contributed by atoms with E-state index in [0.29, 0.717) is 30.6 Å². The summed E-state index contributed by atoms with van der Waals surface area (Å²) in [5, 5.41) is 4.03. The Hall–Kier alpha value is -3.80. The van der Waals surface area contributed by atoms with Gasteiger partial charge in [-0.2, -0.15) is 0 Å². The number of hydrogen-bond acceptors (Lipinski definition) is 5. The molecule has 0 saturated heterocycles. The number of oxime groups is 1. The molecule has 36 heavy (non-hydrogen) atoms. The minimum absolute atomic E-state index is 0.0163. The molecule has 1 saturated carbocycles. The van der Waals surface area contributed by atoms with E-state index < -0.39 is 0 Å². The van der Waals surface area contributed by atoms with Gasteiger partial charge in [0.15, 0.2) is 18.1 Å². The lowest BCUT2D eigenvalue weighted by Gasteiger charge is -2.21. The highest BCUT2D eigenvalue weighted by Crippen LogP contribution is 2.30. The quantitative estimate of drug-likeness (QED) is 0.212. The average Bonchev–Trinajstić information content (AvgIpc) is 3.74. The minimum Gasteiger partial charge on any atom is -0.485 e. The Kier molecular flexibility index (Phi) is 9.37. The van der Waals surface area contributed by atoms with Gasteiger partial charge in [0.25, 0.3) is 5.91 Å². The number of nitrogens with zero attached hydrogens (tertiary/aromatic N) is 2. The second-order valence-corrected chi connectivity index (χ2v) is 9.05. The first-order valence-corrected chi connectivity index (χ1v) is 12.6. The van der Waals surface area contributed by atoms with Crippen LogP contribution in [-0.2, 0) is 22.8 Å². The van der Waals surface area contributed by atoms with Gasteiger partial charge in [0.05, 0.1) is 6.21 Å². The highest BCUT2D eigenvalue weighted by molar-refractivity contribution is 5.81. The van der Waals surface area contributed by atoms with Crippen LogP contribution in [0.4, 0.5) is 0 Å². The molecule has 0 unspecified atom stereocenters. The Morgan fingerprint density at radius 1 is 0.917 bits per heavy atom. The van der Waals surface area contributed by atoms with Gasteiger partial charge in [-0.3, -0.25) is 4.79 Å². The number of carbonyl (C=O) groups is 1. The summed E-state index contributed by atoms with van der Waals surface area (Å²) in [5.74, 6) is 1.91. The van der Waals surface area contributed by atoms with E-state index in [2.05, 4.69) is 12.1 Å². The summed E-state index contributed by atoms with van der Waals surface area (Å²) in [6, 6.07) is 25.6. The van der Waals surface area contributed by atoms with E-state index in [1.54, 1.807) is 6.21 Å². The molecule has 0 aromatic heterocycles. The summed E-state index contributed by atoms with van der Waals surface area (Å²) < 4.78 is 12.2. The minimum atomic E-state index is -0.0567. The standard InChI is InChI=1S/C30H34N2O4/c1-2-17-32(20-24-13-14-24)30(33)23-36-31-19-27-15-16-28(34-21-25-9-5-3-6-10-25)29(18-27)35-22-26-11-7-4-8-12-26/h3-12,15-16,18-19,24H,2,13-14,17,20-23H2,1H3/b31-19-. The van der Waals surface area contributed by atoms with Crippen LogP contribution in [0.5, 0.6) is 11.5 Å². The third kappa shape index (κ3) is 8.15. The Morgan fingerprint density at radius 2 is 1.56 bits per heavy atom. The van der Waals surface area contributed by atoms with E-state index in [1.165, 1.54) is 12.8 Å². The number of amides is 1. The first-order valence-electron chi connectivity index (χ1n) is 12.6. The maximum atomic E-state index is 12.5. The Bertz CT molecular complexity index is 1110. The Morgan fingerprint density at radius 3 is 2.17 bits per heavy atom. The third-order valence-corrected chi connectivity index (χ3v) is 5.93. The molecule has 3 aromatic rings. The van der Waals surface area contributed by atoms with Gasteiger partial charge in [-0.15, -0.1) is 0 Å². The van der Waals surface area contributed by atoms with E-state index in [1.807, 2.05) is 83.8 Å². The fourth-order valence-corrected chi connectivity index (χ4v) is 3.79. The second kappa shape index (κ2) is 13.3. The van der Waals surface area contributed by atoms with Crippen LogP contribution in [0.25, 0.3) is 0 Å². The van der Waals surface area contributed by atoms with E-state index >= 15 is 0 Å². The molecule has 1 amide bonds. The number of hydrogen-bond donors (Lipinski definition) is 0. The van der Waals surface area contributed by atoms with E-state index in [9.17, 15) is 4.79 Å². The van der Waals surface area contributed by atoms with Crippen molar-refractivity contribution in [1.29, 1.82) is 0 Å². The highest BCUT2D eigenvalue weighted by atomic mass is 16.6. The van der Waals surface area contributed by atoms with Gasteiger partial charge in [0.2, 0.25) is 0 Å². The summed E-state index contributed by atoms with van der Waals surface area (Å²) in [6.07, 6.45) is 4.96. The molecule has 0 spiro atoms. The normalized spacial score (nSPS) is 12.9. The second-order valence-electron chi connectivity index (χ2n) is 9.05. The topological polar surface area (TPSA) is 60.4 Å². The van der Waals surface area contributed by atoms with Gasteiger partial charge in [-0.05, 0) is 54.5 Å². The number of rotatable bonds is 14. The Balaban J connectivity index is 1.37. The third-order valence-electron chi connectivity index (χ3n) is 5.93. The van der Waals surface area contributed by atoms with E-state index in [0.717, 1.165) is 36.2 Å². The summed E-state index contributed by atoms with van der Waals surface area (Å²) >= 11 is 0. The molecule has 0 atom stereocenters. The molecular formula is C30H34N2O4. The van der Waals surface area contributed by atoms with Crippen LogP contribution in [0.3, 0.4) is 0 Å². The van der Waals surface area contributed by atoms with E-state index in [-0.39, 0.29) is 12.5 Å². The van der Waals surface area contributed by atoms with Crippen LogP contribution in [0.1, 0.15) is 42.9 Å². The lowest BCUT2D eigenvalue weighted by atomic mass is 10.2. The smallest absolute Gasteiger partial charge is 0.263 e. The van der Waals surface area contributed by atoms with Crippen molar-refractivity contribution in [3.8, 4) is 11.5 Å². The summed E-state index contributed by atoms with van der Waals surface area (Å²) in [6.45, 7) is 4.47. The van der Waals surface area contributed by atoms with Crippen LogP contribution in [0.2, 0.25) is 0 Å².